The van der Waals surface area contributed by atoms with Crippen LogP contribution in [0.5, 0.6) is 0 Å². The van der Waals surface area contributed by atoms with E-state index < -0.39 is 0 Å². The van der Waals surface area contributed by atoms with Crippen molar-refractivity contribution in [1.29, 1.82) is 0 Å². The molecule has 2 atom stereocenters. The van der Waals surface area contributed by atoms with Crippen molar-refractivity contribution in [1.82, 2.24) is 10.2 Å². The van der Waals surface area contributed by atoms with Crippen molar-refractivity contribution in [2.45, 2.75) is 46.1 Å². The highest BCUT2D eigenvalue weighted by Crippen LogP contribution is 2.34. The maximum Gasteiger partial charge on any atom is 0.00922 e. The van der Waals surface area contributed by atoms with Crippen molar-refractivity contribution in [3.05, 3.63) is 0 Å². The van der Waals surface area contributed by atoms with E-state index in [0.29, 0.717) is 0 Å². The molecule has 0 spiro atoms. The summed E-state index contributed by atoms with van der Waals surface area (Å²) in [5.41, 5.74) is 0. The third-order valence-electron chi connectivity index (χ3n) is 3.52. The molecule has 1 aliphatic rings. The molecular weight excluding hydrogens is 184 g/mol. The third-order valence-corrected chi connectivity index (χ3v) is 3.52. The van der Waals surface area contributed by atoms with Gasteiger partial charge in [-0.05, 0) is 58.2 Å². The Kier molecular flexibility index (Phi) is 5.62. The van der Waals surface area contributed by atoms with Crippen LogP contribution in [0.1, 0.15) is 40.0 Å². The Morgan fingerprint density at radius 3 is 2.53 bits per heavy atom. The standard InChI is InChI=1S/C13H28N2/c1-5-8-14-9-11(2)10-15(4)12(3)13-6-7-13/h11-14H,5-10H2,1-4H3. The average Bonchev–Trinajstić information content (AvgIpc) is 3.00. The summed E-state index contributed by atoms with van der Waals surface area (Å²) in [6, 6.07) is 0.790. The fraction of sp³-hybridized carbons (Fsp3) is 1.00. The molecule has 0 amide bonds. The second-order valence-electron chi connectivity index (χ2n) is 5.33. The minimum atomic E-state index is 0.766. The molecule has 1 N–H and O–H groups in total. The molecule has 0 aromatic carbocycles. The highest BCUT2D eigenvalue weighted by atomic mass is 15.1. The van der Waals surface area contributed by atoms with E-state index in [9.17, 15) is 0 Å². The van der Waals surface area contributed by atoms with Gasteiger partial charge < -0.3 is 10.2 Å². The van der Waals surface area contributed by atoms with Crippen LogP contribution in [0.4, 0.5) is 0 Å². The molecule has 0 aliphatic heterocycles. The summed E-state index contributed by atoms with van der Waals surface area (Å²) in [4.78, 5) is 2.54. The Morgan fingerprint density at radius 1 is 1.33 bits per heavy atom. The predicted molar refractivity (Wildman–Crippen MR) is 67.1 cm³/mol. The first-order valence-corrected chi connectivity index (χ1v) is 6.56. The Balaban J connectivity index is 2.09. The molecule has 0 aromatic heterocycles. The summed E-state index contributed by atoms with van der Waals surface area (Å²) >= 11 is 0. The first-order valence-electron chi connectivity index (χ1n) is 6.56. The van der Waals surface area contributed by atoms with Gasteiger partial charge in [0, 0.05) is 12.6 Å². The van der Waals surface area contributed by atoms with Crippen molar-refractivity contribution in [2.24, 2.45) is 11.8 Å². The summed E-state index contributed by atoms with van der Waals surface area (Å²) < 4.78 is 0. The molecule has 0 aromatic rings. The highest BCUT2D eigenvalue weighted by Gasteiger charge is 2.30. The lowest BCUT2D eigenvalue weighted by Gasteiger charge is -2.27. The maximum absolute atomic E-state index is 3.50. The molecule has 0 radical (unpaired) electrons. The molecule has 2 unspecified atom stereocenters. The van der Waals surface area contributed by atoms with Gasteiger partial charge in [-0.2, -0.15) is 0 Å². The Hall–Kier alpha value is -0.0800. The topological polar surface area (TPSA) is 15.3 Å². The van der Waals surface area contributed by atoms with Crippen molar-refractivity contribution >= 4 is 0 Å². The molecule has 2 heteroatoms. The minimum absolute atomic E-state index is 0.766. The Bertz CT molecular complexity index is 166. The molecule has 0 heterocycles. The number of nitrogens with one attached hydrogen (secondary N) is 1. The molecule has 1 saturated carbocycles. The van der Waals surface area contributed by atoms with Crippen LogP contribution in [0.3, 0.4) is 0 Å². The average molecular weight is 212 g/mol. The normalized spacial score (nSPS) is 20.6. The summed E-state index contributed by atoms with van der Waals surface area (Å²) in [6.45, 7) is 10.5. The van der Waals surface area contributed by atoms with E-state index in [1.807, 2.05) is 0 Å². The first kappa shape index (κ1) is 13.0. The molecule has 15 heavy (non-hydrogen) atoms. The summed E-state index contributed by atoms with van der Waals surface area (Å²) in [5.74, 6) is 1.76. The van der Waals surface area contributed by atoms with Crippen LogP contribution >= 0.6 is 0 Å². The number of nitrogens with zero attached hydrogens (tertiary/aromatic N) is 1. The van der Waals surface area contributed by atoms with E-state index in [1.165, 1.54) is 25.8 Å². The van der Waals surface area contributed by atoms with Crippen LogP contribution in [-0.2, 0) is 0 Å². The largest absolute Gasteiger partial charge is 0.316 e. The van der Waals surface area contributed by atoms with Gasteiger partial charge in [0.2, 0.25) is 0 Å². The number of hydrogen-bond acceptors (Lipinski definition) is 2. The fourth-order valence-electron chi connectivity index (χ4n) is 2.19. The predicted octanol–water partition coefficient (Wildman–Crippen LogP) is 2.35. The van der Waals surface area contributed by atoms with Gasteiger partial charge in [0.15, 0.2) is 0 Å². The monoisotopic (exact) mass is 212 g/mol. The van der Waals surface area contributed by atoms with E-state index in [1.54, 1.807) is 0 Å². The van der Waals surface area contributed by atoms with Gasteiger partial charge in [-0.1, -0.05) is 13.8 Å². The van der Waals surface area contributed by atoms with Crippen LogP contribution in [-0.4, -0.2) is 37.6 Å². The second kappa shape index (κ2) is 6.49. The van der Waals surface area contributed by atoms with Crippen LogP contribution in [0.25, 0.3) is 0 Å². The smallest absolute Gasteiger partial charge is 0.00922 e. The van der Waals surface area contributed by atoms with Crippen molar-refractivity contribution in [3.63, 3.8) is 0 Å². The van der Waals surface area contributed by atoms with Crippen LogP contribution in [0.2, 0.25) is 0 Å². The van der Waals surface area contributed by atoms with Gasteiger partial charge >= 0.3 is 0 Å². The maximum atomic E-state index is 3.50. The lowest BCUT2D eigenvalue weighted by Crippen LogP contribution is -2.37. The zero-order chi connectivity index (χ0) is 11.3. The van der Waals surface area contributed by atoms with Gasteiger partial charge in [0.1, 0.15) is 0 Å². The van der Waals surface area contributed by atoms with E-state index >= 15 is 0 Å². The molecule has 1 fully saturated rings. The quantitative estimate of drug-likeness (QED) is 0.621. The van der Waals surface area contributed by atoms with Gasteiger partial charge in [0.05, 0.1) is 0 Å². The van der Waals surface area contributed by atoms with Gasteiger partial charge in [-0.25, -0.2) is 0 Å². The van der Waals surface area contributed by atoms with Crippen LogP contribution in [0, 0.1) is 11.8 Å². The zero-order valence-electron chi connectivity index (χ0n) is 10.9. The van der Waals surface area contributed by atoms with Crippen molar-refractivity contribution < 1.29 is 0 Å². The Labute approximate surface area is 95.4 Å². The van der Waals surface area contributed by atoms with E-state index in [2.05, 4.69) is 38.0 Å². The molecule has 1 rings (SSSR count). The molecule has 2 nitrogen and oxygen atoms in total. The molecule has 0 bridgehead atoms. The van der Waals surface area contributed by atoms with Crippen LogP contribution in [0.15, 0.2) is 0 Å². The van der Waals surface area contributed by atoms with Gasteiger partial charge in [0.25, 0.3) is 0 Å². The summed E-state index contributed by atoms with van der Waals surface area (Å²) in [5, 5.41) is 3.50. The molecule has 90 valence electrons. The SMILES string of the molecule is CCCNCC(C)CN(C)C(C)C1CC1. The summed E-state index contributed by atoms with van der Waals surface area (Å²) in [6.07, 6.45) is 4.14. The van der Waals surface area contributed by atoms with E-state index in [-0.39, 0.29) is 0 Å². The third kappa shape index (κ3) is 4.98. The Morgan fingerprint density at radius 2 is 2.00 bits per heavy atom. The lowest BCUT2D eigenvalue weighted by molar-refractivity contribution is 0.203. The van der Waals surface area contributed by atoms with Gasteiger partial charge in [-0.15, -0.1) is 0 Å². The van der Waals surface area contributed by atoms with Crippen molar-refractivity contribution in [3.8, 4) is 0 Å². The van der Waals surface area contributed by atoms with Crippen molar-refractivity contribution in [2.75, 3.05) is 26.7 Å². The molecular formula is C13H28N2. The first-order chi connectivity index (χ1) is 7.15. The fourth-order valence-corrected chi connectivity index (χ4v) is 2.19. The summed E-state index contributed by atoms with van der Waals surface area (Å²) in [7, 11) is 2.28. The molecule has 1 aliphatic carbocycles. The minimum Gasteiger partial charge on any atom is -0.316 e. The van der Waals surface area contributed by atoms with E-state index in [4.69, 9.17) is 0 Å². The highest BCUT2D eigenvalue weighted by molar-refractivity contribution is 4.84. The van der Waals surface area contributed by atoms with Gasteiger partial charge in [-0.3, -0.25) is 0 Å². The van der Waals surface area contributed by atoms with Crippen LogP contribution < -0.4 is 5.32 Å². The molecule has 0 saturated heterocycles. The zero-order valence-corrected chi connectivity index (χ0v) is 10.9. The lowest BCUT2D eigenvalue weighted by atomic mass is 10.1. The number of hydrogen-bond donors (Lipinski definition) is 1. The number of rotatable bonds is 8. The second-order valence-corrected chi connectivity index (χ2v) is 5.33. The van der Waals surface area contributed by atoms with E-state index in [0.717, 1.165) is 31.0 Å².